The highest BCUT2D eigenvalue weighted by atomic mass is 16.4. The standard InChI is InChI=1S/C18H23N3O4/c1-18(16(23)24)8-11-21(12-18)17(25)19-14-6-4-13(5-7-14)15(22)20-9-2-3-10-20/h4-7H,2-3,8-12H2,1H3,(H,19,25)(H,23,24). The Bertz CT molecular complexity index is 682. The molecule has 7 heteroatoms. The van der Waals surface area contributed by atoms with E-state index in [1.807, 2.05) is 4.90 Å². The SMILES string of the molecule is CC1(C(=O)O)CCN(C(=O)Nc2ccc(C(=O)N3CCCC3)cc2)C1. The molecule has 1 aromatic carbocycles. The lowest BCUT2D eigenvalue weighted by atomic mass is 9.90. The number of nitrogens with one attached hydrogen (secondary N) is 1. The molecule has 0 aliphatic carbocycles. The van der Waals surface area contributed by atoms with Crippen LogP contribution in [0.4, 0.5) is 10.5 Å². The molecule has 1 aromatic rings. The molecule has 1 unspecified atom stereocenters. The van der Waals surface area contributed by atoms with Gasteiger partial charge in [0.2, 0.25) is 0 Å². The zero-order valence-corrected chi connectivity index (χ0v) is 14.3. The Labute approximate surface area is 146 Å². The molecule has 134 valence electrons. The van der Waals surface area contributed by atoms with Crippen molar-refractivity contribution < 1.29 is 19.5 Å². The lowest BCUT2D eigenvalue weighted by Crippen LogP contribution is -2.37. The van der Waals surface area contributed by atoms with Gasteiger partial charge in [0.05, 0.1) is 5.41 Å². The molecule has 1 atom stereocenters. The Morgan fingerprint density at radius 3 is 2.24 bits per heavy atom. The first-order valence-corrected chi connectivity index (χ1v) is 8.58. The first kappa shape index (κ1) is 17.3. The number of hydrogen-bond acceptors (Lipinski definition) is 3. The Morgan fingerprint density at radius 1 is 1.04 bits per heavy atom. The molecule has 2 fully saturated rings. The van der Waals surface area contributed by atoms with Crippen molar-refractivity contribution >= 4 is 23.6 Å². The number of urea groups is 1. The van der Waals surface area contributed by atoms with Gasteiger partial charge in [-0.15, -0.1) is 0 Å². The predicted molar refractivity (Wildman–Crippen MR) is 92.5 cm³/mol. The molecular weight excluding hydrogens is 322 g/mol. The second-order valence-electron chi connectivity index (χ2n) is 7.04. The van der Waals surface area contributed by atoms with Crippen molar-refractivity contribution in [2.45, 2.75) is 26.2 Å². The molecule has 2 heterocycles. The molecule has 3 rings (SSSR count). The van der Waals surface area contributed by atoms with Gasteiger partial charge >= 0.3 is 12.0 Å². The van der Waals surface area contributed by atoms with E-state index in [0.717, 1.165) is 25.9 Å². The van der Waals surface area contributed by atoms with E-state index in [0.29, 0.717) is 24.2 Å². The first-order chi connectivity index (χ1) is 11.9. The topological polar surface area (TPSA) is 90.0 Å². The molecule has 0 bridgehead atoms. The second-order valence-corrected chi connectivity index (χ2v) is 7.04. The van der Waals surface area contributed by atoms with Gasteiger partial charge in [-0.1, -0.05) is 0 Å². The van der Waals surface area contributed by atoms with Crippen LogP contribution < -0.4 is 5.32 Å². The Morgan fingerprint density at radius 2 is 1.68 bits per heavy atom. The van der Waals surface area contributed by atoms with Crippen LogP contribution in [0.15, 0.2) is 24.3 Å². The molecule has 7 nitrogen and oxygen atoms in total. The molecule has 2 saturated heterocycles. The van der Waals surface area contributed by atoms with Crippen LogP contribution >= 0.6 is 0 Å². The molecule has 2 aliphatic heterocycles. The Kier molecular flexibility index (Phi) is 4.65. The van der Waals surface area contributed by atoms with E-state index in [4.69, 9.17) is 0 Å². The summed E-state index contributed by atoms with van der Waals surface area (Å²) in [7, 11) is 0. The summed E-state index contributed by atoms with van der Waals surface area (Å²) in [5.74, 6) is -0.861. The van der Waals surface area contributed by atoms with Gasteiger partial charge in [0.1, 0.15) is 0 Å². The number of amides is 3. The van der Waals surface area contributed by atoms with Crippen molar-refractivity contribution in [3.05, 3.63) is 29.8 Å². The van der Waals surface area contributed by atoms with E-state index in [-0.39, 0.29) is 18.5 Å². The van der Waals surface area contributed by atoms with E-state index in [1.165, 1.54) is 4.90 Å². The summed E-state index contributed by atoms with van der Waals surface area (Å²) in [6.45, 7) is 3.87. The van der Waals surface area contributed by atoms with Gasteiger partial charge in [-0.05, 0) is 50.5 Å². The highest BCUT2D eigenvalue weighted by Crippen LogP contribution is 2.30. The molecule has 2 aliphatic rings. The van der Waals surface area contributed by atoms with Gasteiger partial charge in [-0.2, -0.15) is 0 Å². The fourth-order valence-corrected chi connectivity index (χ4v) is 3.31. The van der Waals surface area contributed by atoms with Gasteiger partial charge in [0.15, 0.2) is 0 Å². The number of hydrogen-bond donors (Lipinski definition) is 2. The third kappa shape index (κ3) is 3.60. The lowest BCUT2D eigenvalue weighted by molar-refractivity contribution is -0.146. The molecule has 2 N–H and O–H groups in total. The van der Waals surface area contributed by atoms with Crippen LogP contribution in [-0.4, -0.2) is 59.0 Å². The second kappa shape index (κ2) is 6.74. The van der Waals surface area contributed by atoms with Crippen LogP contribution in [0.25, 0.3) is 0 Å². The van der Waals surface area contributed by atoms with E-state index >= 15 is 0 Å². The summed E-state index contributed by atoms with van der Waals surface area (Å²) in [4.78, 5) is 39.2. The maximum absolute atomic E-state index is 12.3. The normalized spacial score (nSPS) is 22.9. The molecule has 0 aromatic heterocycles. The average Bonchev–Trinajstić information content (AvgIpc) is 3.25. The van der Waals surface area contributed by atoms with Crippen LogP contribution in [0, 0.1) is 5.41 Å². The third-order valence-electron chi connectivity index (χ3n) is 5.05. The van der Waals surface area contributed by atoms with E-state index < -0.39 is 11.4 Å². The zero-order chi connectivity index (χ0) is 18.0. The minimum Gasteiger partial charge on any atom is -0.481 e. The van der Waals surface area contributed by atoms with Gasteiger partial charge in [-0.25, -0.2) is 4.79 Å². The van der Waals surface area contributed by atoms with Crippen LogP contribution in [0.2, 0.25) is 0 Å². The summed E-state index contributed by atoms with van der Waals surface area (Å²) < 4.78 is 0. The molecular formula is C18H23N3O4. The number of carbonyl (C=O) groups is 3. The number of carboxylic acids is 1. The predicted octanol–water partition coefficient (Wildman–Crippen LogP) is 2.25. The number of aliphatic carboxylic acids is 1. The summed E-state index contributed by atoms with van der Waals surface area (Å²) in [6.07, 6.45) is 2.54. The molecule has 0 spiro atoms. The highest BCUT2D eigenvalue weighted by Gasteiger charge is 2.42. The lowest BCUT2D eigenvalue weighted by Gasteiger charge is -2.20. The Hall–Kier alpha value is -2.57. The van der Waals surface area contributed by atoms with E-state index in [2.05, 4.69) is 5.32 Å². The summed E-state index contributed by atoms with van der Waals surface area (Å²) >= 11 is 0. The van der Waals surface area contributed by atoms with Crippen LogP contribution in [0.3, 0.4) is 0 Å². The van der Waals surface area contributed by atoms with Gasteiger partial charge in [0.25, 0.3) is 5.91 Å². The smallest absolute Gasteiger partial charge is 0.321 e. The fraction of sp³-hybridized carbons (Fsp3) is 0.500. The largest absolute Gasteiger partial charge is 0.481 e. The van der Waals surface area contributed by atoms with E-state index in [1.54, 1.807) is 31.2 Å². The Balaban J connectivity index is 1.59. The number of likely N-dealkylation sites (tertiary alicyclic amines) is 2. The highest BCUT2D eigenvalue weighted by molar-refractivity contribution is 5.95. The molecule has 0 saturated carbocycles. The maximum atomic E-state index is 12.3. The average molecular weight is 345 g/mol. The van der Waals surface area contributed by atoms with Crippen molar-refractivity contribution in [2.24, 2.45) is 5.41 Å². The minimum atomic E-state index is -0.886. The fourth-order valence-electron chi connectivity index (χ4n) is 3.31. The van der Waals surface area contributed by atoms with Crippen LogP contribution in [-0.2, 0) is 4.79 Å². The van der Waals surface area contributed by atoms with Crippen molar-refractivity contribution in [1.82, 2.24) is 9.80 Å². The zero-order valence-electron chi connectivity index (χ0n) is 14.3. The van der Waals surface area contributed by atoms with Gasteiger partial charge in [-0.3, -0.25) is 9.59 Å². The quantitative estimate of drug-likeness (QED) is 0.879. The minimum absolute atomic E-state index is 0.0205. The van der Waals surface area contributed by atoms with E-state index in [9.17, 15) is 19.5 Å². The third-order valence-corrected chi connectivity index (χ3v) is 5.05. The summed E-state index contributed by atoms with van der Waals surface area (Å²) in [5.41, 5.74) is 0.315. The molecule has 3 amide bonds. The maximum Gasteiger partial charge on any atom is 0.321 e. The van der Waals surface area contributed by atoms with Gasteiger partial charge in [0, 0.05) is 37.4 Å². The molecule has 25 heavy (non-hydrogen) atoms. The molecule has 0 radical (unpaired) electrons. The first-order valence-electron chi connectivity index (χ1n) is 8.58. The number of rotatable bonds is 3. The number of benzene rings is 1. The van der Waals surface area contributed by atoms with Gasteiger partial charge < -0.3 is 20.2 Å². The van der Waals surface area contributed by atoms with Crippen molar-refractivity contribution in [3.63, 3.8) is 0 Å². The summed E-state index contributed by atoms with van der Waals surface area (Å²) in [5, 5.41) is 12.0. The summed E-state index contributed by atoms with van der Waals surface area (Å²) in [6, 6.07) is 6.51. The van der Waals surface area contributed by atoms with Crippen LogP contribution in [0.5, 0.6) is 0 Å². The van der Waals surface area contributed by atoms with Crippen LogP contribution in [0.1, 0.15) is 36.5 Å². The van der Waals surface area contributed by atoms with Crippen molar-refractivity contribution in [1.29, 1.82) is 0 Å². The van der Waals surface area contributed by atoms with Crippen molar-refractivity contribution in [3.8, 4) is 0 Å². The monoisotopic (exact) mass is 345 g/mol. The number of carboxylic acid groups (broad SMARTS) is 1. The van der Waals surface area contributed by atoms with Crippen molar-refractivity contribution in [2.75, 3.05) is 31.5 Å². The number of carbonyl (C=O) groups excluding carboxylic acids is 2. The number of nitrogens with zero attached hydrogens (tertiary/aromatic N) is 2. The number of anilines is 1.